The van der Waals surface area contributed by atoms with Crippen molar-refractivity contribution in [2.24, 2.45) is 5.92 Å². The molecular formula is C20H19N3O3. The fourth-order valence-electron chi connectivity index (χ4n) is 3.54. The number of ether oxygens (including phenoxy) is 2. The average molecular weight is 349 g/mol. The quantitative estimate of drug-likeness (QED) is 0.759. The van der Waals surface area contributed by atoms with Gasteiger partial charge in [-0.25, -0.2) is 4.98 Å². The number of benzene rings is 2. The molecule has 2 aliphatic rings. The van der Waals surface area contributed by atoms with E-state index in [0.717, 1.165) is 40.3 Å². The number of para-hydroxylation sites is 2. The van der Waals surface area contributed by atoms with Crippen LogP contribution >= 0.6 is 0 Å². The fraction of sp³-hybridized carbons (Fsp3) is 0.300. The highest BCUT2D eigenvalue weighted by Gasteiger charge is 2.44. The minimum absolute atomic E-state index is 0.0157. The summed E-state index contributed by atoms with van der Waals surface area (Å²) < 4.78 is 11.2. The number of aromatic amines is 1. The van der Waals surface area contributed by atoms with Crippen molar-refractivity contribution < 1.29 is 14.3 Å². The molecule has 6 nitrogen and oxygen atoms in total. The zero-order chi connectivity index (χ0) is 17.5. The Hall–Kier alpha value is -3.02. The van der Waals surface area contributed by atoms with Crippen LogP contribution in [0.3, 0.4) is 0 Å². The van der Waals surface area contributed by atoms with Gasteiger partial charge in [-0.1, -0.05) is 18.2 Å². The van der Waals surface area contributed by atoms with Crippen molar-refractivity contribution >= 4 is 16.9 Å². The number of hydrogen-bond donors (Lipinski definition) is 2. The Morgan fingerprint density at radius 2 is 2.00 bits per heavy atom. The third kappa shape index (κ3) is 2.77. The Morgan fingerprint density at radius 1 is 1.15 bits per heavy atom. The Morgan fingerprint density at radius 3 is 2.88 bits per heavy atom. The summed E-state index contributed by atoms with van der Waals surface area (Å²) in [4.78, 5) is 20.2. The summed E-state index contributed by atoms with van der Waals surface area (Å²) in [5.41, 5.74) is 3.03. The SMILES string of the molecule is O=C(NCc1nc2ccccc2[nH]1)[C@H]1C[C@H]1c1ccc2c(c1)OCCO2. The van der Waals surface area contributed by atoms with E-state index in [9.17, 15) is 4.79 Å². The summed E-state index contributed by atoms with van der Waals surface area (Å²) >= 11 is 0. The van der Waals surface area contributed by atoms with E-state index in [-0.39, 0.29) is 17.7 Å². The molecule has 0 unspecified atom stereocenters. The first-order valence-corrected chi connectivity index (χ1v) is 8.89. The average Bonchev–Trinajstić information content (AvgIpc) is 3.38. The molecule has 0 bridgehead atoms. The van der Waals surface area contributed by atoms with Crippen molar-refractivity contribution in [1.29, 1.82) is 0 Å². The molecule has 1 saturated carbocycles. The number of nitrogens with zero attached hydrogens (tertiary/aromatic N) is 1. The Bertz CT molecular complexity index is 948. The van der Waals surface area contributed by atoms with E-state index in [0.29, 0.717) is 19.8 Å². The van der Waals surface area contributed by atoms with Gasteiger partial charge in [-0.15, -0.1) is 0 Å². The van der Waals surface area contributed by atoms with E-state index in [1.807, 2.05) is 42.5 Å². The molecule has 2 atom stereocenters. The predicted octanol–water partition coefficient (Wildman–Crippen LogP) is 2.75. The summed E-state index contributed by atoms with van der Waals surface area (Å²) in [6.45, 7) is 1.57. The lowest BCUT2D eigenvalue weighted by Crippen LogP contribution is -2.25. The second kappa shape index (κ2) is 6.05. The number of rotatable bonds is 4. The van der Waals surface area contributed by atoms with Crippen LogP contribution in [0.1, 0.15) is 23.7 Å². The van der Waals surface area contributed by atoms with Crippen LogP contribution in [0.2, 0.25) is 0 Å². The van der Waals surface area contributed by atoms with Gasteiger partial charge in [0.25, 0.3) is 0 Å². The predicted molar refractivity (Wildman–Crippen MR) is 96.2 cm³/mol. The minimum atomic E-state index is 0.0157. The number of imidazole rings is 1. The lowest BCUT2D eigenvalue weighted by molar-refractivity contribution is -0.122. The Kier molecular flexibility index (Phi) is 3.55. The van der Waals surface area contributed by atoms with Crippen LogP contribution in [-0.4, -0.2) is 29.1 Å². The number of amides is 1. The summed E-state index contributed by atoms with van der Waals surface area (Å²) in [5, 5.41) is 3.00. The van der Waals surface area contributed by atoms with E-state index >= 15 is 0 Å². The van der Waals surface area contributed by atoms with Crippen molar-refractivity contribution in [3.8, 4) is 11.5 Å². The highest BCUT2D eigenvalue weighted by atomic mass is 16.6. The first-order valence-electron chi connectivity index (χ1n) is 8.89. The Balaban J connectivity index is 1.22. The van der Waals surface area contributed by atoms with Crippen molar-refractivity contribution in [2.45, 2.75) is 18.9 Å². The van der Waals surface area contributed by atoms with Gasteiger partial charge in [0.1, 0.15) is 19.0 Å². The summed E-state index contributed by atoms with van der Waals surface area (Å²) in [6.07, 6.45) is 0.867. The molecule has 1 fully saturated rings. The molecule has 0 saturated heterocycles. The minimum Gasteiger partial charge on any atom is -0.486 e. The van der Waals surface area contributed by atoms with Gasteiger partial charge in [-0.05, 0) is 42.2 Å². The summed E-state index contributed by atoms with van der Waals surface area (Å²) in [7, 11) is 0. The molecule has 2 N–H and O–H groups in total. The monoisotopic (exact) mass is 349 g/mol. The number of carbonyl (C=O) groups is 1. The molecule has 6 heteroatoms. The van der Waals surface area contributed by atoms with Crippen LogP contribution in [0.25, 0.3) is 11.0 Å². The van der Waals surface area contributed by atoms with Crippen LogP contribution in [0.4, 0.5) is 0 Å². The topological polar surface area (TPSA) is 76.2 Å². The molecule has 1 aliphatic heterocycles. The summed E-state index contributed by atoms with van der Waals surface area (Å²) in [6, 6.07) is 13.8. The second-order valence-corrected chi connectivity index (χ2v) is 6.77. The highest BCUT2D eigenvalue weighted by molar-refractivity contribution is 5.83. The van der Waals surface area contributed by atoms with Crippen LogP contribution in [0.15, 0.2) is 42.5 Å². The van der Waals surface area contributed by atoms with Gasteiger partial charge >= 0.3 is 0 Å². The molecule has 1 amide bonds. The molecule has 2 heterocycles. The van der Waals surface area contributed by atoms with Crippen molar-refractivity contribution in [1.82, 2.24) is 15.3 Å². The molecule has 1 aromatic heterocycles. The number of fused-ring (bicyclic) bond motifs is 2. The zero-order valence-electron chi connectivity index (χ0n) is 14.2. The van der Waals surface area contributed by atoms with Gasteiger partial charge in [0, 0.05) is 5.92 Å². The normalized spacial score (nSPS) is 20.8. The number of aromatic nitrogens is 2. The van der Waals surface area contributed by atoms with E-state index in [2.05, 4.69) is 15.3 Å². The van der Waals surface area contributed by atoms with Crippen LogP contribution in [0, 0.1) is 5.92 Å². The lowest BCUT2D eigenvalue weighted by atomic mass is 10.1. The van der Waals surface area contributed by atoms with Gasteiger partial charge < -0.3 is 19.8 Å². The first kappa shape index (κ1) is 15.3. The van der Waals surface area contributed by atoms with Crippen molar-refractivity contribution in [2.75, 3.05) is 13.2 Å². The fourth-order valence-corrected chi connectivity index (χ4v) is 3.54. The number of hydrogen-bond acceptors (Lipinski definition) is 4. The van der Waals surface area contributed by atoms with Gasteiger partial charge in [0.2, 0.25) is 5.91 Å². The van der Waals surface area contributed by atoms with Gasteiger partial charge in [-0.3, -0.25) is 4.79 Å². The van der Waals surface area contributed by atoms with Gasteiger partial charge in [0.15, 0.2) is 11.5 Å². The maximum absolute atomic E-state index is 12.5. The third-order valence-corrected chi connectivity index (χ3v) is 4.99. The number of nitrogens with one attached hydrogen (secondary N) is 2. The largest absolute Gasteiger partial charge is 0.486 e. The van der Waals surface area contributed by atoms with Gasteiger partial charge in [0.05, 0.1) is 17.6 Å². The maximum atomic E-state index is 12.5. The van der Waals surface area contributed by atoms with E-state index < -0.39 is 0 Å². The summed E-state index contributed by atoms with van der Waals surface area (Å²) in [5.74, 6) is 2.68. The van der Waals surface area contributed by atoms with Crippen LogP contribution in [-0.2, 0) is 11.3 Å². The second-order valence-electron chi connectivity index (χ2n) is 6.77. The molecule has 5 rings (SSSR count). The first-order chi connectivity index (χ1) is 12.8. The van der Waals surface area contributed by atoms with E-state index in [4.69, 9.17) is 9.47 Å². The molecule has 3 aromatic rings. The van der Waals surface area contributed by atoms with Gasteiger partial charge in [-0.2, -0.15) is 0 Å². The third-order valence-electron chi connectivity index (χ3n) is 4.99. The molecule has 26 heavy (non-hydrogen) atoms. The maximum Gasteiger partial charge on any atom is 0.224 e. The lowest BCUT2D eigenvalue weighted by Gasteiger charge is -2.18. The standard InChI is InChI=1S/C20H19N3O3/c24-20(21-11-19-22-15-3-1-2-4-16(15)23-19)14-10-13(14)12-5-6-17-18(9-12)26-8-7-25-17/h1-6,9,13-14H,7-8,10-11H2,(H,21,24)(H,22,23)/t13-,14-/m0/s1. The van der Waals surface area contributed by atoms with Crippen LogP contribution in [0.5, 0.6) is 11.5 Å². The number of H-pyrrole nitrogens is 1. The molecule has 0 spiro atoms. The Labute approximate surface area is 150 Å². The van der Waals surface area contributed by atoms with Crippen molar-refractivity contribution in [3.05, 3.63) is 53.9 Å². The molecular weight excluding hydrogens is 330 g/mol. The molecule has 0 radical (unpaired) electrons. The smallest absolute Gasteiger partial charge is 0.224 e. The van der Waals surface area contributed by atoms with E-state index in [1.165, 1.54) is 0 Å². The van der Waals surface area contributed by atoms with Crippen molar-refractivity contribution in [3.63, 3.8) is 0 Å². The van der Waals surface area contributed by atoms with Crippen LogP contribution < -0.4 is 14.8 Å². The molecule has 2 aromatic carbocycles. The zero-order valence-corrected chi connectivity index (χ0v) is 14.2. The molecule has 132 valence electrons. The molecule has 1 aliphatic carbocycles. The van der Waals surface area contributed by atoms with E-state index in [1.54, 1.807) is 0 Å². The number of carbonyl (C=O) groups excluding carboxylic acids is 1. The highest BCUT2D eigenvalue weighted by Crippen LogP contribution is 2.49.